The molecule has 1 aromatic carbocycles. The number of hydrogen-bond acceptors (Lipinski definition) is 7. The van der Waals surface area contributed by atoms with Crippen LogP contribution in [0.15, 0.2) is 29.3 Å². The molecule has 152 valence electrons. The van der Waals surface area contributed by atoms with Crippen LogP contribution in [0, 0.1) is 5.92 Å². The first kappa shape index (κ1) is 20.1. The van der Waals surface area contributed by atoms with Crippen LogP contribution in [0.3, 0.4) is 0 Å². The molecule has 0 radical (unpaired) electrons. The number of nitrogens with one attached hydrogen (secondary N) is 1. The highest BCUT2D eigenvalue weighted by atomic mass is 16.5. The van der Waals surface area contributed by atoms with Crippen LogP contribution < -0.4 is 10.1 Å². The van der Waals surface area contributed by atoms with Gasteiger partial charge in [-0.05, 0) is 31.2 Å². The Bertz CT molecular complexity index is 726. The largest absolute Gasteiger partial charge is 0.497 e. The number of ether oxygens (including phenoxy) is 2. The number of likely N-dealkylation sites (N-methyl/N-ethyl adjacent to an activating group) is 1. The standard InChI is InChI=1S/C20H28N4O4/c1-4-23-10-12-24(13-11-23)20-21-17(14-6-8-15(27-3)9-7-14)16(18(25)22-20)19(26)28-5-2/h6-9,16-17H,4-5,10-13H2,1-3H3,(H,21,22,25). The number of guanidine groups is 1. The molecule has 8 heteroatoms. The van der Waals surface area contributed by atoms with E-state index in [1.54, 1.807) is 26.2 Å². The highest BCUT2D eigenvalue weighted by Crippen LogP contribution is 2.32. The highest BCUT2D eigenvalue weighted by Gasteiger charge is 2.42. The summed E-state index contributed by atoms with van der Waals surface area (Å²) in [5.74, 6) is -0.700. The Morgan fingerprint density at radius 1 is 1.18 bits per heavy atom. The SMILES string of the molecule is CCOC(=O)C1C(=O)NC(N2CCN(CC)CC2)=NC1c1ccc(OC)cc1. The molecule has 2 unspecified atom stereocenters. The first-order valence-electron chi connectivity index (χ1n) is 9.73. The molecule has 0 aromatic heterocycles. The van der Waals surface area contributed by atoms with Crippen LogP contribution >= 0.6 is 0 Å². The van der Waals surface area contributed by atoms with Crippen molar-refractivity contribution in [2.45, 2.75) is 19.9 Å². The first-order chi connectivity index (χ1) is 13.6. The molecule has 2 aliphatic rings. The van der Waals surface area contributed by atoms with E-state index in [9.17, 15) is 9.59 Å². The van der Waals surface area contributed by atoms with E-state index in [-0.39, 0.29) is 12.5 Å². The van der Waals surface area contributed by atoms with E-state index in [4.69, 9.17) is 14.5 Å². The maximum Gasteiger partial charge on any atom is 0.321 e. The lowest BCUT2D eigenvalue weighted by Gasteiger charge is -2.38. The van der Waals surface area contributed by atoms with Crippen molar-refractivity contribution in [1.29, 1.82) is 0 Å². The van der Waals surface area contributed by atoms with Gasteiger partial charge in [-0.2, -0.15) is 0 Å². The van der Waals surface area contributed by atoms with Crippen molar-refractivity contribution in [2.75, 3.05) is 46.4 Å². The topological polar surface area (TPSA) is 83.5 Å². The van der Waals surface area contributed by atoms with Gasteiger partial charge in [0.1, 0.15) is 11.8 Å². The Morgan fingerprint density at radius 3 is 2.43 bits per heavy atom. The maximum atomic E-state index is 12.8. The number of methoxy groups -OCH3 is 1. The maximum absolute atomic E-state index is 12.8. The number of aliphatic imine (C=N–C) groups is 1. The number of carbonyl (C=O) groups excluding carboxylic acids is 2. The molecule has 1 saturated heterocycles. The lowest BCUT2D eigenvalue weighted by molar-refractivity contribution is -0.153. The van der Waals surface area contributed by atoms with Crippen molar-refractivity contribution < 1.29 is 19.1 Å². The fourth-order valence-corrected chi connectivity index (χ4v) is 3.54. The van der Waals surface area contributed by atoms with Crippen molar-refractivity contribution >= 4 is 17.8 Å². The number of amides is 1. The molecule has 8 nitrogen and oxygen atoms in total. The monoisotopic (exact) mass is 388 g/mol. The van der Waals surface area contributed by atoms with Gasteiger partial charge in [0.2, 0.25) is 11.9 Å². The third kappa shape index (κ3) is 4.27. The molecule has 0 aliphatic carbocycles. The Morgan fingerprint density at radius 2 is 1.86 bits per heavy atom. The summed E-state index contributed by atoms with van der Waals surface area (Å²) in [5.41, 5.74) is 0.776. The molecule has 1 aromatic rings. The molecular weight excluding hydrogens is 360 g/mol. The van der Waals surface area contributed by atoms with Gasteiger partial charge in [0.05, 0.1) is 13.7 Å². The minimum absolute atomic E-state index is 0.216. The zero-order valence-electron chi connectivity index (χ0n) is 16.7. The number of hydrogen-bond donors (Lipinski definition) is 1. The predicted octanol–water partition coefficient (Wildman–Crippen LogP) is 1.04. The van der Waals surface area contributed by atoms with Gasteiger partial charge in [0.25, 0.3) is 0 Å². The fourth-order valence-electron chi connectivity index (χ4n) is 3.54. The van der Waals surface area contributed by atoms with Crippen molar-refractivity contribution in [2.24, 2.45) is 10.9 Å². The summed E-state index contributed by atoms with van der Waals surface area (Å²) in [5, 5.41) is 2.82. The van der Waals surface area contributed by atoms with E-state index in [2.05, 4.69) is 22.0 Å². The number of nitrogens with zero attached hydrogens (tertiary/aromatic N) is 3. The first-order valence-corrected chi connectivity index (χ1v) is 9.73. The van der Waals surface area contributed by atoms with Crippen molar-refractivity contribution in [1.82, 2.24) is 15.1 Å². The minimum atomic E-state index is -1.01. The number of carbonyl (C=O) groups is 2. The normalized spacial score (nSPS) is 23.0. The molecule has 0 spiro atoms. The summed E-state index contributed by atoms with van der Waals surface area (Å²) in [7, 11) is 1.59. The van der Waals surface area contributed by atoms with Crippen LogP contribution in [0.2, 0.25) is 0 Å². The van der Waals surface area contributed by atoms with Gasteiger partial charge in [-0.25, -0.2) is 4.99 Å². The Hall–Kier alpha value is -2.61. The number of piperazine rings is 1. The lowest BCUT2D eigenvalue weighted by atomic mass is 9.91. The van der Waals surface area contributed by atoms with E-state index in [0.29, 0.717) is 11.7 Å². The molecule has 1 amide bonds. The van der Waals surface area contributed by atoms with Gasteiger partial charge >= 0.3 is 5.97 Å². The molecule has 0 saturated carbocycles. The summed E-state index contributed by atoms with van der Waals surface area (Å²) in [4.78, 5) is 34.5. The van der Waals surface area contributed by atoms with Gasteiger partial charge < -0.3 is 19.3 Å². The number of esters is 1. The average Bonchev–Trinajstić information content (AvgIpc) is 2.73. The third-order valence-electron chi connectivity index (χ3n) is 5.21. The Labute approximate surface area is 165 Å². The molecule has 28 heavy (non-hydrogen) atoms. The molecule has 0 bridgehead atoms. The molecule has 2 aliphatic heterocycles. The number of benzene rings is 1. The van der Waals surface area contributed by atoms with Crippen LogP contribution in [-0.4, -0.2) is 74.1 Å². The smallest absolute Gasteiger partial charge is 0.321 e. The zero-order valence-corrected chi connectivity index (χ0v) is 16.7. The fraction of sp³-hybridized carbons (Fsp3) is 0.550. The lowest BCUT2D eigenvalue weighted by Crippen LogP contribution is -2.57. The van der Waals surface area contributed by atoms with Crippen molar-refractivity contribution in [3.8, 4) is 5.75 Å². The molecule has 1 fully saturated rings. The van der Waals surface area contributed by atoms with Gasteiger partial charge in [0.15, 0.2) is 5.92 Å². The molecule has 1 N–H and O–H groups in total. The average molecular weight is 388 g/mol. The summed E-state index contributed by atoms with van der Waals surface area (Å²) in [6, 6.07) is 6.66. The van der Waals surface area contributed by atoms with Crippen molar-refractivity contribution in [3.05, 3.63) is 29.8 Å². The van der Waals surface area contributed by atoms with Crippen LogP contribution in [0.4, 0.5) is 0 Å². The summed E-state index contributed by atoms with van der Waals surface area (Å²) in [6.07, 6.45) is 0. The van der Waals surface area contributed by atoms with Crippen LogP contribution in [0.25, 0.3) is 0 Å². The molecule has 2 atom stereocenters. The second kappa shape index (κ2) is 9.05. The molecule has 2 heterocycles. The van der Waals surface area contributed by atoms with Gasteiger partial charge in [-0.15, -0.1) is 0 Å². The second-order valence-corrected chi connectivity index (χ2v) is 6.81. The van der Waals surface area contributed by atoms with E-state index in [0.717, 1.165) is 38.3 Å². The summed E-state index contributed by atoms with van der Waals surface area (Å²) < 4.78 is 10.4. The van der Waals surface area contributed by atoms with Crippen molar-refractivity contribution in [3.63, 3.8) is 0 Å². The zero-order chi connectivity index (χ0) is 20.1. The molecular formula is C20H28N4O4. The van der Waals surface area contributed by atoms with E-state index < -0.39 is 17.9 Å². The van der Waals surface area contributed by atoms with Gasteiger partial charge in [-0.3, -0.25) is 14.9 Å². The van der Waals surface area contributed by atoms with Crippen LogP contribution in [0.1, 0.15) is 25.5 Å². The summed E-state index contributed by atoms with van der Waals surface area (Å²) in [6.45, 7) is 8.49. The third-order valence-corrected chi connectivity index (χ3v) is 5.21. The Kier molecular flexibility index (Phi) is 6.51. The quantitative estimate of drug-likeness (QED) is 0.599. The molecule has 3 rings (SSSR count). The second-order valence-electron chi connectivity index (χ2n) is 6.81. The van der Waals surface area contributed by atoms with Crippen LogP contribution in [0.5, 0.6) is 5.75 Å². The van der Waals surface area contributed by atoms with E-state index in [1.165, 1.54) is 0 Å². The summed E-state index contributed by atoms with van der Waals surface area (Å²) >= 11 is 0. The van der Waals surface area contributed by atoms with E-state index in [1.807, 2.05) is 12.1 Å². The predicted molar refractivity (Wildman–Crippen MR) is 105 cm³/mol. The van der Waals surface area contributed by atoms with Gasteiger partial charge in [-0.1, -0.05) is 19.1 Å². The highest BCUT2D eigenvalue weighted by molar-refractivity contribution is 6.08. The number of rotatable bonds is 5. The minimum Gasteiger partial charge on any atom is -0.497 e. The van der Waals surface area contributed by atoms with E-state index >= 15 is 0 Å². The van der Waals surface area contributed by atoms with Crippen LogP contribution in [-0.2, 0) is 14.3 Å². The Balaban J connectivity index is 1.90. The van der Waals surface area contributed by atoms with Gasteiger partial charge in [0, 0.05) is 26.2 Å².